The zero-order valence-corrected chi connectivity index (χ0v) is 15.8. The van der Waals surface area contributed by atoms with Crippen molar-refractivity contribution in [2.75, 3.05) is 19.8 Å². The lowest BCUT2D eigenvalue weighted by Gasteiger charge is -2.15. The standard InChI is InChI=1S/C19H36O5/c1-4-7-8-9-10-11-12-13-14-15-16-24-17(18(20)22-5-2)19(21)23-6-3/h17H,4-16H2,1-3H3. The second kappa shape index (κ2) is 16.7. The Bertz CT molecular complexity index is 299. The molecule has 5 heteroatoms. The number of hydrogen-bond donors (Lipinski definition) is 0. The largest absolute Gasteiger partial charge is 0.464 e. The van der Waals surface area contributed by atoms with Gasteiger partial charge >= 0.3 is 11.9 Å². The van der Waals surface area contributed by atoms with Gasteiger partial charge in [-0.25, -0.2) is 9.59 Å². The van der Waals surface area contributed by atoms with Crippen LogP contribution in [0.25, 0.3) is 0 Å². The van der Waals surface area contributed by atoms with Gasteiger partial charge in [-0.1, -0.05) is 64.7 Å². The first kappa shape index (κ1) is 22.9. The van der Waals surface area contributed by atoms with Gasteiger partial charge in [0.1, 0.15) is 0 Å². The Morgan fingerprint density at radius 3 is 1.50 bits per heavy atom. The fourth-order valence-corrected chi connectivity index (χ4v) is 2.46. The van der Waals surface area contributed by atoms with E-state index >= 15 is 0 Å². The van der Waals surface area contributed by atoms with E-state index < -0.39 is 18.0 Å². The van der Waals surface area contributed by atoms with Gasteiger partial charge in [0.15, 0.2) is 0 Å². The number of ether oxygens (including phenoxy) is 3. The SMILES string of the molecule is CCCCCCCCCCCCOC(C(=O)OCC)C(=O)OCC. The summed E-state index contributed by atoms with van der Waals surface area (Å²) in [7, 11) is 0. The topological polar surface area (TPSA) is 61.8 Å². The Kier molecular flexibility index (Phi) is 16.0. The highest BCUT2D eigenvalue weighted by Gasteiger charge is 2.30. The Balaban J connectivity index is 3.72. The molecule has 0 bridgehead atoms. The molecule has 0 amide bonds. The summed E-state index contributed by atoms with van der Waals surface area (Å²) in [4.78, 5) is 23.4. The normalized spacial score (nSPS) is 10.8. The third kappa shape index (κ3) is 12.3. The highest BCUT2D eigenvalue weighted by Crippen LogP contribution is 2.11. The lowest BCUT2D eigenvalue weighted by atomic mass is 10.1. The van der Waals surface area contributed by atoms with Crippen LogP contribution in [0.3, 0.4) is 0 Å². The van der Waals surface area contributed by atoms with Crippen LogP contribution >= 0.6 is 0 Å². The second-order valence-corrected chi connectivity index (χ2v) is 5.94. The number of carbonyl (C=O) groups is 2. The second-order valence-electron chi connectivity index (χ2n) is 5.94. The maximum Gasteiger partial charge on any atom is 0.347 e. The van der Waals surface area contributed by atoms with Crippen LogP contribution in [0.2, 0.25) is 0 Å². The molecule has 24 heavy (non-hydrogen) atoms. The van der Waals surface area contributed by atoms with Gasteiger partial charge < -0.3 is 14.2 Å². The first-order valence-corrected chi connectivity index (χ1v) is 9.62. The minimum Gasteiger partial charge on any atom is -0.464 e. The van der Waals surface area contributed by atoms with Gasteiger partial charge in [0.25, 0.3) is 6.10 Å². The van der Waals surface area contributed by atoms with Gasteiger partial charge in [-0.05, 0) is 20.3 Å². The van der Waals surface area contributed by atoms with Crippen molar-refractivity contribution in [2.45, 2.75) is 91.1 Å². The van der Waals surface area contributed by atoms with Crippen LogP contribution in [-0.4, -0.2) is 37.9 Å². The number of hydrogen-bond acceptors (Lipinski definition) is 5. The Labute approximate surface area is 147 Å². The van der Waals surface area contributed by atoms with Gasteiger partial charge in [-0.2, -0.15) is 0 Å². The minimum atomic E-state index is -1.25. The molecule has 0 N–H and O–H groups in total. The van der Waals surface area contributed by atoms with E-state index in [1.165, 1.54) is 51.4 Å². The minimum absolute atomic E-state index is 0.219. The van der Waals surface area contributed by atoms with Gasteiger partial charge in [-0.3, -0.25) is 0 Å². The Morgan fingerprint density at radius 1 is 0.667 bits per heavy atom. The van der Waals surface area contributed by atoms with E-state index in [9.17, 15) is 9.59 Å². The molecule has 0 aliphatic carbocycles. The third-order valence-electron chi connectivity index (χ3n) is 3.78. The molecular formula is C19H36O5. The third-order valence-corrected chi connectivity index (χ3v) is 3.78. The number of unbranched alkanes of at least 4 members (excludes halogenated alkanes) is 9. The molecule has 0 spiro atoms. The summed E-state index contributed by atoms with van der Waals surface area (Å²) in [5.41, 5.74) is 0. The summed E-state index contributed by atoms with van der Waals surface area (Å²) < 4.78 is 15.1. The van der Waals surface area contributed by atoms with Crippen molar-refractivity contribution in [3.05, 3.63) is 0 Å². The molecule has 0 aliphatic heterocycles. The highest BCUT2D eigenvalue weighted by atomic mass is 16.6. The molecule has 5 nitrogen and oxygen atoms in total. The van der Waals surface area contributed by atoms with Crippen molar-refractivity contribution in [2.24, 2.45) is 0 Å². The van der Waals surface area contributed by atoms with Crippen molar-refractivity contribution >= 4 is 11.9 Å². The first-order chi connectivity index (χ1) is 11.7. The summed E-state index contributed by atoms with van der Waals surface area (Å²) in [6.45, 7) is 6.44. The van der Waals surface area contributed by atoms with Crippen LogP contribution < -0.4 is 0 Å². The molecule has 0 heterocycles. The maximum atomic E-state index is 11.7. The molecule has 0 atom stereocenters. The molecule has 0 saturated heterocycles. The summed E-state index contributed by atoms with van der Waals surface area (Å²) in [5.74, 6) is -1.33. The smallest absolute Gasteiger partial charge is 0.347 e. The number of esters is 2. The van der Waals surface area contributed by atoms with E-state index in [0.717, 1.165) is 12.8 Å². The predicted molar refractivity (Wildman–Crippen MR) is 94.9 cm³/mol. The summed E-state index contributed by atoms with van der Waals surface area (Å²) >= 11 is 0. The van der Waals surface area contributed by atoms with E-state index in [4.69, 9.17) is 14.2 Å². The van der Waals surface area contributed by atoms with Crippen molar-refractivity contribution in [1.29, 1.82) is 0 Å². The van der Waals surface area contributed by atoms with Crippen molar-refractivity contribution in [1.82, 2.24) is 0 Å². The fraction of sp³-hybridized carbons (Fsp3) is 0.895. The number of rotatable bonds is 16. The van der Waals surface area contributed by atoms with Crippen LogP contribution in [0.5, 0.6) is 0 Å². The zero-order valence-electron chi connectivity index (χ0n) is 15.8. The van der Waals surface area contributed by atoms with Gasteiger partial charge in [-0.15, -0.1) is 0 Å². The monoisotopic (exact) mass is 344 g/mol. The predicted octanol–water partition coefficient (Wildman–Crippen LogP) is 4.42. The summed E-state index contributed by atoms with van der Waals surface area (Å²) in [6, 6.07) is 0. The molecule has 0 unspecified atom stereocenters. The fourth-order valence-electron chi connectivity index (χ4n) is 2.46. The molecule has 0 rings (SSSR count). The van der Waals surface area contributed by atoms with E-state index in [2.05, 4.69) is 6.92 Å². The lowest BCUT2D eigenvalue weighted by molar-refractivity contribution is -0.173. The van der Waals surface area contributed by atoms with Crippen LogP contribution in [-0.2, 0) is 23.8 Å². The zero-order chi connectivity index (χ0) is 18.0. The van der Waals surface area contributed by atoms with E-state index in [0.29, 0.717) is 6.61 Å². The van der Waals surface area contributed by atoms with Crippen LogP contribution in [0.15, 0.2) is 0 Å². The first-order valence-electron chi connectivity index (χ1n) is 9.62. The van der Waals surface area contributed by atoms with Crippen molar-refractivity contribution < 1.29 is 23.8 Å². The van der Waals surface area contributed by atoms with Gasteiger partial charge in [0, 0.05) is 6.61 Å². The Hall–Kier alpha value is -1.10. The van der Waals surface area contributed by atoms with E-state index in [1.807, 2.05) is 0 Å². The van der Waals surface area contributed by atoms with E-state index in [1.54, 1.807) is 13.8 Å². The molecule has 0 aliphatic rings. The van der Waals surface area contributed by atoms with Crippen LogP contribution in [0.4, 0.5) is 0 Å². The summed E-state index contributed by atoms with van der Waals surface area (Å²) in [5, 5.41) is 0. The summed E-state index contributed by atoms with van der Waals surface area (Å²) in [6.07, 6.45) is 11.0. The molecule has 142 valence electrons. The molecular weight excluding hydrogens is 308 g/mol. The lowest BCUT2D eigenvalue weighted by Crippen LogP contribution is -2.36. The number of carbonyl (C=O) groups excluding carboxylic acids is 2. The average molecular weight is 344 g/mol. The molecule has 0 radical (unpaired) electrons. The maximum absolute atomic E-state index is 11.7. The Morgan fingerprint density at radius 2 is 1.08 bits per heavy atom. The van der Waals surface area contributed by atoms with Crippen molar-refractivity contribution in [3.63, 3.8) is 0 Å². The molecule has 0 aromatic rings. The van der Waals surface area contributed by atoms with Crippen molar-refractivity contribution in [3.8, 4) is 0 Å². The molecule has 0 aromatic carbocycles. The van der Waals surface area contributed by atoms with E-state index in [-0.39, 0.29) is 13.2 Å². The molecule has 0 saturated carbocycles. The average Bonchev–Trinajstić information content (AvgIpc) is 2.56. The van der Waals surface area contributed by atoms with Gasteiger partial charge in [0.2, 0.25) is 0 Å². The molecule has 0 fully saturated rings. The van der Waals surface area contributed by atoms with Gasteiger partial charge in [0.05, 0.1) is 13.2 Å². The van der Waals surface area contributed by atoms with Crippen LogP contribution in [0.1, 0.15) is 85.0 Å². The quantitative estimate of drug-likeness (QED) is 0.236. The highest BCUT2D eigenvalue weighted by molar-refractivity contribution is 5.98. The molecule has 0 aromatic heterocycles. The van der Waals surface area contributed by atoms with Crippen LogP contribution in [0, 0.1) is 0 Å².